The largest absolute Gasteiger partial charge is 0.480 e. The van der Waals surface area contributed by atoms with Crippen molar-refractivity contribution in [1.82, 2.24) is 26.6 Å². The number of guanidine groups is 4. The fraction of sp³-hybridized carbons (Fsp3) is 0.500. The average Bonchev–Trinajstić information content (AvgIpc) is 3.25. The second kappa shape index (κ2) is 29.1. The van der Waals surface area contributed by atoms with Crippen molar-refractivity contribution in [2.45, 2.75) is 94.0 Å². The quantitative estimate of drug-likeness (QED) is 0.0197. The lowest BCUT2D eigenvalue weighted by Crippen LogP contribution is -2.59. The topological polar surface area (TPSA) is 492 Å². The van der Waals surface area contributed by atoms with Crippen LogP contribution in [0.3, 0.4) is 0 Å². The zero-order valence-electron chi connectivity index (χ0n) is 36.9. The van der Waals surface area contributed by atoms with Gasteiger partial charge in [0.05, 0.1) is 6.04 Å². The molecule has 2 rings (SSSR count). The smallest absolute Gasteiger partial charge is 0.327 e. The summed E-state index contributed by atoms with van der Waals surface area (Å²) in [6.07, 6.45) is 0.682. The second-order valence-corrected chi connectivity index (χ2v) is 15.2. The minimum atomic E-state index is -1.48. The third kappa shape index (κ3) is 21.3. The van der Waals surface area contributed by atoms with E-state index in [1.807, 2.05) is 42.5 Å². The Morgan fingerprint density at radius 2 is 0.818 bits per heavy atom. The number of carbonyl (C=O) groups is 6. The molecule has 0 radical (unpaired) electrons. The Morgan fingerprint density at radius 3 is 1.15 bits per heavy atom. The second-order valence-electron chi connectivity index (χ2n) is 15.2. The van der Waals surface area contributed by atoms with Crippen molar-refractivity contribution in [3.05, 3.63) is 48.0 Å². The van der Waals surface area contributed by atoms with Crippen molar-refractivity contribution in [3.8, 4) is 0 Å². The molecule has 26 N–H and O–H groups in total. The number of carboxylic acids is 1. The SMILES string of the molecule is NC[C@H](NC(=O)[C@H](CCCN=C(N)N)NC(=O)[C@H](CCCN=C(N)N)NC(=O)[C@H](CCCN=C(N)N)NC(=O)[C@H](CCCN=C(N)N)NC(=O)[C@@H](N)Cc1ccc2ccccc2c1)C(=O)O. The van der Waals surface area contributed by atoms with Crippen LogP contribution in [0.2, 0.25) is 0 Å². The molecule has 0 aliphatic rings. The Labute approximate surface area is 382 Å². The van der Waals surface area contributed by atoms with Gasteiger partial charge in [-0.3, -0.25) is 43.9 Å². The summed E-state index contributed by atoms with van der Waals surface area (Å²) < 4.78 is 0. The van der Waals surface area contributed by atoms with E-state index in [1.165, 1.54) is 0 Å². The third-order valence-corrected chi connectivity index (χ3v) is 9.77. The molecule has 0 saturated carbocycles. The number of carbonyl (C=O) groups excluding carboxylic acids is 5. The normalized spacial score (nSPS) is 13.5. The number of fused-ring (bicyclic) bond motifs is 1. The molecule has 364 valence electrons. The standard InChI is InChI=1S/C40H67N19O7/c41-21-30(36(65)66)59-35(64)29(12-6-18-54-40(49)50)58-34(63)28(11-5-17-53-39(47)48)57-33(62)27(10-4-16-52-38(45)46)56-32(61)26(9-3-15-51-37(43)44)55-31(60)25(42)20-22-13-14-23-7-1-2-8-24(23)19-22/h1-2,7-8,13-14,19,25-30H,3-6,9-12,15-18,20-21,41-42H2,(H,55,60)(H,56,61)(H,57,62)(H,58,63)(H,59,64)(H,65,66)(H4,43,44,51)(H4,45,46,52)(H4,47,48,53)(H4,49,50,54)/t25-,26-,27-,28-,29-,30-/m0/s1. The van der Waals surface area contributed by atoms with E-state index in [9.17, 15) is 33.9 Å². The molecule has 5 amide bonds. The van der Waals surface area contributed by atoms with Crippen LogP contribution in [0.15, 0.2) is 62.4 Å². The fourth-order valence-electron chi connectivity index (χ4n) is 6.39. The first kappa shape index (κ1) is 54.7. The van der Waals surface area contributed by atoms with Crippen LogP contribution in [-0.2, 0) is 35.2 Å². The maximum atomic E-state index is 14.2. The lowest BCUT2D eigenvalue weighted by Gasteiger charge is -2.27. The molecule has 2 aromatic rings. The van der Waals surface area contributed by atoms with Gasteiger partial charge in [0.15, 0.2) is 23.8 Å². The zero-order valence-corrected chi connectivity index (χ0v) is 36.9. The van der Waals surface area contributed by atoms with Crippen LogP contribution < -0.4 is 83.9 Å². The Bertz CT molecular complexity index is 2050. The number of benzene rings is 2. The number of aliphatic imine (C=N–C) groups is 4. The van der Waals surface area contributed by atoms with E-state index in [1.54, 1.807) is 0 Å². The highest BCUT2D eigenvalue weighted by atomic mass is 16.4. The van der Waals surface area contributed by atoms with E-state index in [0.717, 1.165) is 16.3 Å². The fourth-order valence-corrected chi connectivity index (χ4v) is 6.39. The van der Waals surface area contributed by atoms with Crippen molar-refractivity contribution in [2.75, 3.05) is 32.7 Å². The van der Waals surface area contributed by atoms with E-state index < -0.39 is 78.3 Å². The van der Waals surface area contributed by atoms with Gasteiger partial charge in [0, 0.05) is 32.7 Å². The molecule has 0 heterocycles. The Balaban J connectivity index is 2.43. The van der Waals surface area contributed by atoms with Gasteiger partial charge in [-0.15, -0.1) is 0 Å². The summed E-state index contributed by atoms with van der Waals surface area (Å²) in [5.74, 6) is -6.21. The van der Waals surface area contributed by atoms with Gasteiger partial charge in [-0.25, -0.2) is 4.79 Å². The monoisotopic (exact) mass is 926 g/mol. The van der Waals surface area contributed by atoms with E-state index in [0.29, 0.717) is 0 Å². The third-order valence-electron chi connectivity index (χ3n) is 9.77. The highest BCUT2D eigenvalue weighted by Gasteiger charge is 2.32. The number of carboxylic acid groups (broad SMARTS) is 1. The van der Waals surface area contributed by atoms with Crippen molar-refractivity contribution < 1.29 is 33.9 Å². The van der Waals surface area contributed by atoms with E-state index in [2.05, 4.69) is 46.6 Å². The summed E-state index contributed by atoms with van der Waals surface area (Å²) in [5.41, 5.74) is 56.5. The first-order valence-electron chi connectivity index (χ1n) is 21.2. The Morgan fingerprint density at radius 1 is 0.485 bits per heavy atom. The summed E-state index contributed by atoms with van der Waals surface area (Å²) in [6.45, 7) is -0.171. The molecular formula is C40H67N19O7. The number of nitrogens with two attached hydrogens (primary N) is 10. The molecule has 0 aromatic heterocycles. The van der Waals surface area contributed by atoms with Crippen LogP contribution in [0.4, 0.5) is 0 Å². The molecule has 0 unspecified atom stereocenters. The highest BCUT2D eigenvalue weighted by Crippen LogP contribution is 2.17. The van der Waals surface area contributed by atoms with Crippen LogP contribution in [0, 0.1) is 0 Å². The highest BCUT2D eigenvalue weighted by molar-refractivity contribution is 5.96. The lowest BCUT2D eigenvalue weighted by molar-refractivity contribution is -0.142. The Kier molecular flexibility index (Phi) is 24.1. The lowest BCUT2D eigenvalue weighted by atomic mass is 10.0. The number of nitrogens with one attached hydrogen (secondary N) is 5. The molecule has 26 heteroatoms. The summed E-state index contributed by atoms with van der Waals surface area (Å²) in [5, 5.41) is 24.3. The van der Waals surface area contributed by atoms with Crippen LogP contribution in [0.1, 0.15) is 56.9 Å². The van der Waals surface area contributed by atoms with Crippen LogP contribution in [0.5, 0.6) is 0 Å². The summed E-state index contributed by atoms with van der Waals surface area (Å²) >= 11 is 0. The van der Waals surface area contributed by atoms with Crippen molar-refractivity contribution >= 4 is 70.1 Å². The van der Waals surface area contributed by atoms with Gasteiger partial charge in [0.1, 0.15) is 30.2 Å². The van der Waals surface area contributed by atoms with Gasteiger partial charge in [-0.05, 0) is 74.1 Å². The van der Waals surface area contributed by atoms with Gasteiger partial charge in [0.2, 0.25) is 29.5 Å². The number of aliphatic carboxylic acids is 1. The molecule has 0 bridgehead atoms. The predicted molar refractivity (Wildman–Crippen MR) is 252 cm³/mol. The van der Waals surface area contributed by atoms with Gasteiger partial charge in [-0.1, -0.05) is 42.5 Å². The summed E-state index contributed by atoms with van der Waals surface area (Å²) in [4.78, 5) is 96.5. The molecule has 0 fully saturated rings. The minimum absolute atomic E-state index is 0.0226. The predicted octanol–water partition coefficient (Wildman–Crippen LogP) is -5.61. The Hall–Kier alpha value is -7.48. The van der Waals surface area contributed by atoms with Gasteiger partial charge >= 0.3 is 5.97 Å². The first-order valence-corrected chi connectivity index (χ1v) is 21.2. The maximum Gasteiger partial charge on any atom is 0.327 e. The first-order chi connectivity index (χ1) is 31.3. The number of nitrogens with zero attached hydrogens (tertiary/aromatic N) is 4. The molecule has 66 heavy (non-hydrogen) atoms. The minimum Gasteiger partial charge on any atom is -0.480 e. The maximum absolute atomic E-state index is 14.2. The molecule has 0 aliphatic heterocycles. The molecule has 26 nitrogen and oxygen atoms in total. The van der Waals surface area contributed by atoms with Crippen molar-refractivity contribution in [2.24, 2.45) is 77.3 Å². The molecule has 6 atom stereocenters. The molecule has 0 spiro atoms. The summed E-state index contributed by atoms with van der Waals surface area (Å²) in [7, 11) is 0. The van der Waals surface area contributed by atoms with Gasteiger partial charge in [-0.2, -0.15) is 0 Å². The van der Waals surface area contributed by atoms with Crippen LogP contribution >= 0.6 is 0 Å². The van der Waals surface area contributed by atoms with Gasteiger partial charge < -0.3 is 89.0 Å². The average molecular weight is 926 g/mol. The van der Waals surface area contributed by atoms with E-state index in [4.69, 9.17) is 57.3 Å². The molecular weight excluding hydrogens is 859 g/mol. The van der Waals surface area contributed by atoms with Crippen LogP contribution in [-0.4, -0.2) is 133 Å². The molecule has 0 saturated heterocycles. The van der Waals surface area contributed by atoms with Gasteiger partial charge in [0.25, 0.3) is 0 Å². The molecule has 0 aliphatic carbocycles. The van der Waals surface area contributed by atoms with Crippen LogP contribution in [0.25, 0.3) is 10.8 Å². The summed E-state index contributed by atoms with van der Waals surface area (Å²) in [6, 6.07) is 5.54. The van der Waals surface area contributed by atoms with Crippen molar-refractivity contribution in [3.63, 3.8) is 0 Å². The van der Waals surface area contributed by atoms with E-state index >= 15 is 0 Å². The van der Waals surface area contributed by atoms with Crippen molar-refractivity contribution in [1.29, 1.82) is 0 Å². The number of rotatable bonds is 30. The number of hydrogen-bond donors (Lipinski definition) is 16. The zero-order chi connectivity index (χ0) is 49.2. The number of hydrogen-bond acceptors (Lipinski definition) is 12. The van der Waals surface area contributed by atoms with E-state index in [-0.39, 0.29) is 108 Å². The molecule has 2 aromatic carbocycles. The number of amides is 5.